The van der Waals surface area contributed by atoms with Crippen LogP contribution in [0.5, 0.6) is 11.5 Å². The van der Waals surface area contributed by atoms with Crippen molar-refractivity contribution in [3.05, 3.63) is 28.3 Å². The van der Waals surface area contributed by atoms with Gasteiger partial charge in [0.25, 0.3) is 5.69 Å². The van der Waals surface area contributed by atoms with Crippen molar-refractivity contribution in [3.8, 4) is 11.5 Å². The van der Waals surface area contributed by atoms with Crippen LogP contribution in [0.3, 0.4) is 0 Å². The first-order valence-electron chi connectivity index (χ1n) is 8.99. The van der Waals surface area contributed by atoms with Crippen molar-refractivity contribution in [2.24, 2.45) is 5.92 Å². The number of nitrogens with zero attached hydrogens (tertiary/aromatic N) is 1. The maximum absolute atomic E-state index is 10.9. The van der Waals surface area contributed by atoms with Crippen molar-refractivity contribution in [3.63, 3.8) is 0 Å². The van der Waals surface area contributed by atoms with E-state index in [4.69, 9.17) is 13.9 Å². The number of benzene rings is 1. The molecule has 0 amide bonds. The number of unbranched alkanes of at least 4 members (excludes halogenated alkanes) is 1. The summed E-state index contributed by atoms with van der Waals surface area (Å²) >= 11 is 0. The average Bonchev–Trinajstić information content (AvgIpc) is 3.41. The highest BCUT2D eigenvalue weighted by Gasteiger charge is 2.35. The lowest BCUT2D eigenvalue weighted by Gasteiger charge is -2.27. The number of methoxy groups -OCH3 is 1. The second-order valence-corrected chi connectivity index (χ2v) is 11.6. The summed E-state index contributed by atoms with van der Waals surface area (Å²) in [7, 11) is -0.173. The molecule has 0 saturated heterocycles. The third-order valence-electron chi connectivity index (χ3n) is 4.55. The zero-order chi connectivity index (χ0) is 18.4. The Bertz CT molecular complexity index is 589. The quantitative estimate of drug-likeness (QED) is 0.320. The molecule has 25 heavy (non-hydrogen) atoms. The molecule has 1 fully saturated rings. The molecule has 1 unspecified atom stereocenters. The number of non-ortho nitro benzene ring substituents is 1. The van der Waals surface area contributed by atoms with E-state index < -0.39 is 13.2 Å². The normalized spacial score (nSPS) is 15.7. The maximum atomic E-state index is 10.9. The van der Waals surface area contributed by atoms with Crippen molar-refractivity contribution in [2.75, 3.05) is 13.7 Å². The molecule has 0 radical (unpaired) electrons. The van der Waals surface area contributed by atoms with Gasteiger partial charge in [-0.2, -0.15) is 0 Å². The highest BCUT2D eigenvalue weighted by Crippen LogP contribution is 2.39. The van der Waals surface area contributed by atoms with E-state index in [1.165, 1.54) is 32.1 Å². The van der Waals surface area contributed by atoms with Crippen LogP contribution >= 0.6 is 0 Å². The van der Waals surface area contributed by atoms with E-state index in [1.807, 2.05) is 0 Å². The van der Waals surface area contributed by atoms with Crippen LogP contribution in [-0.2, 0) is 4.43 Å². The molecule has 6 nitrogen and oxygen atoms in total. The van der Waals surface area contributed by atoms with E-state index in [0.717, 1.165) is 18.9 Å². The minimum Gasteiger partial charge on any atom is -0.493 e. The molecule has 0 N–H and O–H groups in total. The predicted molar refractivity (Wildman–Crippen MR) is 99.9 cm³/mol. The summed E-state index contributed by atoms with van der Waals surface area (Å²) in [5.74, 6) is 1.43. The van der Waals surface area contributed by atoms with Gasteiger partial charge in [0.2, 0.25) is 0 Å². The van der Waals surface area contributed by atoms with Gasteiger partial charge in [-0.15, -0.1) is 0 Å². The van der Waals surface area contributed by atoms with Crippen LogP contribution in [0.4, 0.5) is 5.69 Å². The van der Waals surface area contributed by atoms with Gasteiger partial charge in [-0.05, 0) is 44.0 Å². The molecule has 1 aromatic rings. The van der Waals surface area contributed by atoms with Crippen molar-refractivity contribution in [2.45, 2.75) is 57.8 Å². The van der Waals surface area contributed by atoms with Gasteiger partial charge in [0, 0.05) is 6.07 Å². The van der Waals surface area contributed by atoms with Gasteiger partial charge < -0.3 is 13.9 Å². The summed E-state index contributed by atoms with van der Waals surface area (Å²) in [6, 6.07) is 5.62. The van der Waals surface area contributed by atoms with E-state index in [0.29, 0.717) is 24.0 Å². The van der Waals surface area contributed by atoms with E-state index in [9.17, 15) is 10.1 Å². The third-order valence-corrected chi connectivity index (χ3v) is 7.06. The Morgan fingerprint density at radius 3 is 2.60 bits per heavy atom. The predicted octanol–water partition coefficient (Wildman–Crippen LogP) is 4.78. The van der Waals surface area contributed by atoms with Crippen LogP contribution in [0, 0.1) is 16.0 Å². The molecule has 140 valence electrons. The highest BCUT2D eigenvalue weighted by atomic mass is 28.4. The van der Waals surface area contributed by atoms with Gasteiger partial charge in [0.05, 0.1) is 24.7 Å². The number of hydrogen-bond acceptors (Lipinski definition) is 5. The molecule has 0 bridgehead atoms. The molecule has 0 spiro atoms. The highest BCUT2D eigenvalue weighted by molar-refractivity contribution is 6.71. The Hall–Kier alpha value is -1.60. The summed E-state index contributed by atoms with van der Waals surface area (Å²) in [6.45, 7) is 7.27. The fourth-order valence-electron chi connectivity index (χ4n) is 2.75. The molecule has 1 atom stereocenters. The first-order chi connectivity index (χ1) is 11.9. The molecule has 1 aromatic carbocycles. The lowest BCUT2D eigenvalue weighted by molar-refractivity contribution is -0.385. The molecular weight excluding hydrogens is 338 g/mol. The number of hydrogen-bond donors (Lipinski definition) is 0. The lowest BCUT2D eigenvalue weighted by atomic mass is 10.2. The number of ether oxygens (including phenoxy) is 2. The van der Waals surface area contributed by atoms with Gasteiger partial charge in [-0.3, -0.25) is 10.1 Å². The molecule has 1 saturated carbocycles. The summed E-state index contributed by atoms with van der Waals surface area (Å²) in [5, 5.41) is 10.9. The molecular formula is C18H29NO5Si. The minimum absolute atomic E-state index is 0.00321. The molecule has 0 heterocycles. The van der Waals surface area contributed by atoms with Crippen LogP contribution in [0.15, 0.2) is 18.2 Å². The van der Waals surface area contributed by atoms with E-state index in [1.54, 1.807) is 6.07 Å². The van der Waals surface area contributed by atoms with Crippen molar-refractivity contribution in [1.29, 1.82) is 0 Å². The maximum Gasteiger partial charge on any atom is 0.273 e. The Morgan fingerprint density at radius 1 is 1.32 bits per heavy atom. The van der Waals surface area contributed by atoms with Crippen LogP contribution in [-0.4, -0.2) is 33.1 Å². The SMILES string of the molecule is CCCC[Si](C)(C)OCC(Oc1ccc([N+](=O)[O-])cc1OC)C1CC1. The van der Waals surface area contributed by atoms with Gasteiger partial charge in [-0.1, -0.05) is 19.8 Å². The standard InChI is InChI=1S/C18H29NO5Si/c1-5-6-11-25(3,4)23-13-18(14-7-8-14)24-16-10-9-15(19(20)21)12-17(16)22-2/h9-10,12,14,18H,5-8,11,13H2,1-4H3. The fraction of sp³-hybridized carbons (Fsp3) is 0.667. The van der Waals surface area contributed by atoms with Crippen molar-refractivity contribution >= 4 is 14.0 Å². The first kappa shape index (κ1) is 19.7. The fourth-order valence-corrected chi connectivity index (χ4v) is 4.71. The van der Waals surface area contributed by atoms with Gasteiger partial charge in [-0.25, -0.2) is 0 Å². The van der Waals surface area contributed by atoms with Crippen molar-refractivity contribution in [1.82, 2.24) is 0 Å². The molecule has 7 heteroatoms. The van der Waals surface area contributed by atoms with E-state index in [2.05, 4.69) is 20.0 Å². The molecule has 1 aliphatic rings. The van der Waals surface area contributed by atoms with E-state index >= 15 is 0 Å². The summed E-state index contributed by atoms with van der Waals surface area (Å²) in [5.41, 5.74) is -0.00321. The zero-order valence-corrected chi connectivity index (χ0v) is 16.6. The minimum atomic E-state index is -1.67. The van der Waals surface area contributed by atoms with Gasteiger partial charge >= 0.3 is 0 Å². The molecule has 0 aromatic heterocycles. The summed E-state index contributed by atoms with van der Waals surface area (Å²) < 4.78 is 17.7. The van der Waals surface area contributed by atoms with E-state index in [-0.39, 0.29) is 11.8 Å². The number of nitro benzene ring substituents is 1. The Morgan fingerprint density at radius 2 is 2.04 bits per heavy atom. The van der Waals surface area contributed by atoms with Gasteiger partial charge in [0.15, 0.2) is 19.8 Å². The Balaban J connectivity index is 2.03. The zero-order valence-electron chi connectivity index (χ0n) is 15.6. The second kappa shape index (κ2) is 8.67. The summed E-state index contributed by atoms with van der Waals surface area (Å²) in [6.07, 6.45) is 4.64. The Kier molecular flexibility index (Phi) is 6.84. The molecule has 0 aliphatic heterocycles. The number of rotatable bonds is 11. The third kappa shape index (κ3) is 6.00. The first-order valence-corrected chi connectivity index (χ1v) is 12.1. The Labute approximate surface area is 150 Å². The lowest BCUT2D eigenvalue weighted by Crippen LogP contribution is -2.36. The van der Waals surface area contributed by atoms with Crippen molar-refractivity contribution < 1.29 is 18.8 Å². The largest absolute Gasteiger partial charge is 0.493 e. The van der Waals surface area contributed by atoms with Crippen LogP contribution in [0.1, 0.15) is 32.6 Å². The monoisotopic (exact) mass is 367 g/mol. The summed E-state index contributed by atoms with van der Waals surface area (Å²) in [4.78, 5) is 10.5. The smallest absolute Gasteiger partial charge is 0.273 e. The molecule has 1 aliphatic carbocycles. The van der Waals surface area contributed by atoms with Crippen LogP contribution in [0.2, 0.25) is 19.1 Å². The van der Waals surface area contributed by atoms with Crippen LogP contribution < -0.4 is 9.47 Å². The van der Waals surface area contributed by atoms with Gasteiger partial charge in [0.1, 0.15) is 6.10 Å². The van der Waals surface area contributed by atoms with Crippen LogP contribution in [0.25, 0.3) is 0 Å². The molecule has 2 rings (SSSR count). The second-order valence-electron chi connectivity index (χ2n) is 7.26. The number of nitro groups is 1. The topological polar surface area (TPSA) is 70.8 Å². The average molecular weight is 368 g/mol.